The Bertz CT molecular complexity index is 502. The Balaban J connectivity index is 1.47. The fourth-order valence-corrected chi connectivity index (χ4v) is 3.47. The van der Waals surface area contributed by atoms with E-state index in [4.69, 9.17) is 14.2 Å². The molecule has 128 valence electrons. The van der Waals surface area contributed by atoms with Crippen molar-refractivity contribution in [2.45, 2.75) is 51.2 Å². The van der Waals surface area contributed by atoms with E-state index in [0.717, 1.165) is 12.3 Å². The average Bonchev–Trinajstić information content (AvgIpc) is 3.06. The molecule has 1 aromatic carbocycles. The van der Waals surface area contributed by atoms with Crippen LogP contribution in [0.2, 0.25) is 0 Å². The molecule has 5 heteroatoms. The van der Waals surface area contributed by atoms with Crippen molar-refractivity contribution in [3.8, 4) is 17.2 Å². The largest absolute Gasteiger partial charge is 0.491 e. The molecule has 3 rings (SSSR count). The molecule has 0 radical (unpaired) electrons. The SMILES string of the molecule is CCN(CC(O)COc1ccc2c(c1)OCO2)C1CCCCC1. The van der Waals surface area contributed by atoms with Crippen molar-refractivity contribution in [3.05, 3.63) is 18.2 Å². The Kier molecular flexibility index (Phi) is 5.62. The van der Waals surface area contributed by atoms with Gasteiger partial charge in [-0.2, -0.15) is 0 Å². The highest BCUT2D eigenvalue weighted by atomic mass is 16.7. The lowest BCUT2D eigenvalue weighted by molar-refractivity contribution is 0.0463. The van der Waals surface area contributed by atoms with E-state index in [1.54, 1.807) is 0 Å². The summed E-state index contributed by atoms with van der Waals surface area (Å²) in [6, 6.07) is 6.12. The highest BCUT2D eigenvalue weighted by Crippen LogP contribution is 2.35. The van der Waals surface area contributed by atoms with E-state index in [-0.39, 0.29) is 6.79 Å². The van der Waals surface area contributed by atoms with Crippen LogP contribution in [-0.2, 0) is 0 Å². The Hall–Kier alpha value is -1.46. The molecule has 0 aromatic heterocycles. The number of likely N-dealkylation sites (N-methyl/N-ethyl adjacent to an activating group) is 1. The third-order valence-electron chi connectivity index (χ3n) is 4.73. The van der Waals surface area contributed by atoms with Crippen molar-refractivity contribution >= 4 is 0 Å². The number of hydrogen-bond acceptors (Lipinski definition) is 5. The number of ether oxygens (including phenoxy) is 3. The van der Waals surface area contributed by atoms with Gasteiger partial charge in [-0.3, -0.25) is 4.90 Å². The molecule has 0 spiro atoms. The van der Waals surface area contributed by atoms with Gasteiger partial charge in [0.05, 0.1) is 0 Å². The maximum absolute atomic E-state index is 10.3. The maximum Gasteiger partial charge on any atom is 0.231 e. The molecule has 1 unspecified atom stereocenters. The molecular formula is C18H27NO4. The summed E-state index contributed by atoms with van der Waals surface area (Å²) in [6.45, 7) is 4.37. The molecule has 1 N–H and O–H groups in total. The molecule has 0 saturated heterocycles. The monoisotopic (exact) mass is 321 g/mol. The van der Waals surface area contributed by atoms with E-state index in [1.165, 1.54) is 32.1 Å². The van der Waals surface area contributed by atoms with Crippen LogP contribution in [0.3, 0.4) is 0 Å². The van der Waals surface area contributed by atoms with Crippen LogP contribution in [0.5, 0.6) is 17.2 Å². The Morgan fingerprint density at radius 2 is 2.00 bits per heavy atom. The number of hydrogen-bond donors (Lipinski definition) is 1. The zero-order chi connectivity index (χ0) is 16.1. The number of nitrogens with zero attached hydrogens (tertiary/aromatic N) is 1. The zero-order valence-corrected chi connectivity index (χ0v) is 13.9. The summed E-state index contributed by atoms with van der Waals surface area (Å²) < 4.78 is 16.3. The molecule has 1 aromatic rings. The van der Waals surface area contributed by atoms with E-state index in [2.05, 4.69) is 11.8 Å². The first-order valence-corrected chi connectivity index (χ1v) is 8.71. The van der Waals surface area contributed by atoms with Gasteiger partial charge in [0, 0.05) is 18.7 Å². The van der Waals surface area contributed by atoms with Crippen molar-refractivity contribution in [2.75, 3.05) is 26.5 Å². The molecule has 1 fully saturated rings. The second kappa shape index (κ2) is 7.88. The second-order valence-electron chi connectivity index (χ2n) is 6.36. The van der Waals surface area contributed by atoms with Crippen LogP contribution in [0.15, 0.2) is 18.2 Å². The Labute approximate surface area is 138 Å². The van der Waals surface area contributed by atoms with Crippen LogP contribution < -0.4 is 14.2 Å². The van der Waals surface area contributed by atoms with E-state index in [9.17, 15) is 5.11 Å². The number of rotatable bonds is 7. The van der Waals surface area contributed by atoms with E-state index in [0.29, 0.717) is 30.7 Å². The van der Waals surface area contributed by atoms with E-state index >= 15 is 0 Å². The topological polar surface area (TPSA) is 51.2 Å². The molecule has 1 atom stereocenters. The van der Waals surface area contributed by atoms with Crippen molar-refractivity contribution in [1.82, 2.24) is 4.90 Å². The molecular weight excluding hydrogens is 294 g/mol. The van der Waals surface area contributed by atoms with E-state index in [1.807, 2.05) is 18.2 Å². The molecule has 1 heterocycles. The predicted octanol–water partition coefficient (Wildman–Crippen LogP) is 2.81. The third-order valence-corrected chi connectivity index (χ3v) is 4.73. The first-order valence-electron chi connectivity index (χ1n) is 8.71. The minimum atomic E-state index is -0.484. The lowest BCUT2D eigenvalue weighted by Crippen LogP contribution is -2.43. The summed E-state index contributed by atoms with van der Waals surface area (Å²) in [4.78, 5) is 2.40. The van der Waals surface area contributed by atoms with Gasteiger partial charge >= 0.3 is 0 Å². The number of benzene rings is 1. The maximum atomic E-state index is 10.3. The van der Waals surface area contributed by atoms with Crippen LogP contribution in [0.4, 0.5) is 0 Å². The minimum Gasteiger partial charge on any atom is -0.491 e. The second-order valence-corrected chi connectivity index (χ2v) is 6.36. The van der Waals surface area contributed by atoms with Gasteiger partial charge in [0.1, 0.15) is 18.5 Å². The molecule has 1 aliphatic carbocycles. The molecule has 1 saturated carbocycles. The molecule has 1 aliphatic heterocycles. The van der Waals surface area contributed by atoms with Gasteiger partial charge in [0.25, 0.3) is 0 Å². The van der Waals surface area contributed by atoms with Crippen molar-refractivity contribution in [2.24, 2.45) is 0 Å². The molecule has 0 amide bonds. The minimum absolute atomic E-state index is 0.258. The van der Waals surface area contributed by atoms with E-state index < -0.39 is 6.10 Å². The van der Waals surface area contributed by atoms with Gasteiger partial charge in [0.2, 0.25) is 6.79 Å². The fraction of sp³-hybridized carbons (Fsp3) is 0.667. The Morgan fingerprint density at radius 3 is 2.78 bits per heavy atom. The summed E-state index contributed by atoms with van der Waals surface area (Å²) >= 11 is 0. The van der Waals surface area contributed by atoms with Gasteiger partial charge in [-0.1, -0.05) is 26.2 Å². The number of fused-ring (bicyclic) bond motifs is 1. The van der Waals surface area contributed by atoms with Gasteiger partial charge in [-0.25, -0.2) is 0 Å². The van der Waals surface area contributed by atoms with Gasteiger partial charge in [-0.05, 0) is 31.5 Å². The summed E-state index contributed by atoms with van der Waals surface area (Å²) in [5.41, 5.74) is 0. The standard InChI is InChI=1S/C18H27NO4/c1-2-19(14-6-4-3-5-7-14)11-15(20)12-21-16-8-9-17-18(10-16)23-13-22-17/h8-10,14-15,20H,2-7,11-13H2,1H3. The smallest absolute Gasteiger partial charge is 0.231 e. The number of aliphatic hydroxyl groups is 1. The van der Waals surface area contributed by atoms with Crippen LogP contribution in [0.25, 0.3) is 0 Å². The van der Waals surface area contributed by atoms with Crippen LogP contribution >= 0.6 is 0 Å². The highest BCUT2D eigenvalue weighted by molar-refractivity contribution is 5.46. The predicted molar refractivity (Wildman–Crippen MR) is 88.2 cm³/mol. The fourth-order valence-electron chi connectivity index (χ4n) is 3.47. The van der Waals surface area contributed by atoms with Gasteiger partial charge in [0.15, 0.2) is 11.5 Å². The lowest BCUT2D eigenvalue weighted by atomic mass is 9.94. The van der Waals surface area contributed by atoms with Crippen LogP contribution in [0, 0.1) is 0 Å². The van der Waals surface area contributed by atoms with Crippen molar-refractivity contribution < 1.29 is 19.3 Å². The molecule has 2 aliphatic rings. The zero-order valence-electron chi connectivity index (χ0n) is 13.9. The third kappa shape index (κ3) is 4.30. The van der Waals surface area contributed by atoms with Gasteiger partial charge in [-0.15, -0.1) is 0 Å². The molecule has 23 heavy (non-hydrogen) atoms. The molecule has 5 nitrogen and oxygen atoms in total. The highest BCUT2D eigenvalue weighted by Gasteiger charge is 2.22. The van der Waals surface area contributed by atoms with Crippen LogP contribution in [-0.4, -0.2) is 48.6 Å². The quantitative estimate of drug-likeness (QED) is 0.837. The first-order chi connectivity index (χ1) is 11.3. The molecule has 0 bridgehead atoms. The first kappa shape index (κ1) is 16.4. The Morgan fingerprint density at radius 1 is 1.22 bits per heavy atom. The number of aliphatic hydroxyl groups excluding tert-OH is 1. The van der Waals surface area contributed by atoms with Crippen molar-refractivity contribution in [1.29, 1.82) is 0 Å². The average molecular weight is 321 g/mol. The van der Waals surface area contributed by atoms with Crippen LogP contribution in [0.1, 0.15) is 39.0 Å². The summed E-state index contributed by atoms with van der Waals surface area (Å²) in [5.74, 6) is 2.15. The summed E-state index contributed by atoms with van der Waals surface area (Å²) in [6.07, 6.45) is 6.00. The van der Waals surface area contributed by atoms with Crippen molar-refractivity contribution in [3.63, 3.8) is 0 Å². The normalized spacial score (nSPS) is 19.1. The lowest BCUT2D eigenvalue weighted by Gasteiger charge is -2.34. The van der Waals surface area contributed by atoms with Gasteiger partial charge < -0.3 is 19.3 Å². The summed E-state index contributed by atoms with van der Waals surface area (Å²) in [5, 5.41) is 10.3. The summed E-state index contributed by atoms with van der Waals surface area (Å²) in [7, 11) is 0.